The Morgan fingerprint density at radius 2 is 1.79 bits per heavy atom. The Labute approximate surface area is 116 Å². The van der Waals surface area contributed by atoms with Crippen LogP contribution in [0.3, 0.4) is 0 Å². The highest BCUT2D eigenvalue weighted by molar-refractivity contribution is 5.98. The summed E-state index contributed by atoms with van der Waals surface area (Å²) in [6.07, 6.45) is 7.84. The molecule has 19 heavy (non-hydrogen) atoms. The zero-order valence-corrected chi connectivity index (χ0v) is 12.2. The molecule has 1 fully saturated rings. The molecule has 2 nitrogen and oxygen atoms in total. The van der Waals surface area contributed by atoms with E-state index in [0.717, 1.165) is 11.1 Å². The van der Waals surface area contributed by atoms with Crippen LogP contribution in [0.4, 0.5) is 0 Å². The van der Waals surface area contributed by atoms with Gasteiger partial charge in [-0.15, -0.1) is 0 Å². The lowest BCUT2D eigenvalue weighted by atomic mass is 10.0. The Kier molecular flexibility index (Phi) is 5.15. The number of benzene rings is 1. The van der Waals surface area contributed by atoms with Crippen LogP contribution in [-0.4, -0.2) is 30.3 Å². The minimum absolute atomic E-state index is 0.254. The number of likely N-dealkylation sites (N-methyl/N-ethyl adjacent to an activating group) is 1. The molecule has 1 aromatic rings. The van der Waals surface area contributed by atoms with E-state index in [1.165, 1.54) is 38.5 Å². The predicted molar refractivity (Wildman–Crippen MR) is 79.6 cm³/mol. The van der Waals surface area contributed by atoms with Crippen LogP contribution in [0.15, 0.2) is 24.3 Å². The van der Waals surface area contributed by atoms with E-state index >= 15 is 0 Å². The highest BCUT2D eigenvalue weighted by Gasteiger charge is 2.19. The van der Waals surface area contributed by atoms with E-state index in [2.05, 4.69) is 11.9 Å². The third-order valence-corrected chi connectivity index (χ3v) is 4.29. The third-order valence-electron chi connectivity index (χ3n) is 4.29. The summed E-state index contributed by atoms with van der Waals surface area (Å²) in [6, 6.07) is 8.49. The van der Waals surface area contributed by atoms with Gasteiger partial charge >= 0.3 is 0 Å². The molecule has 2 heteroatoms. The van der Waals surface area contributed by atoms with E-state index in [-0.39, 0.29) is 5.78 Å². The summed E-state index contributed by atoms with van der Waals surface area (Å²) in [5, 5.41) is 0. The standard InChI is InChI=1S/C17H25NO/c1-14-9-7-8-12-16(14)17(19)13-18(2)15-10-5-3-4-6-11-15/h7-9,12,15H,3-6,10-11,13H2,1-2H3. The van der Waals surface area contributed by atoms with Gasteiger partial charge in [0, 0.05) is 11.6 Å². The Hall–Kier alpha value is -1.15. The van der Waals surface area contributed by atoms with Gasteiger partial charge in [-0.1, -0.05) is 49.9 Å². The molecule has 0 atom stereocenters. The number of aryl methyl sites for hydroxylation is 1. The van der Waals surface area contributed by atoms with Crippen LogP contribution in [0.25, 0.3) is 0 Å². The molecular weight excluding hydrogens is 234 g/mol. The van der Waals surface area contributed by atoms with Gasteiger partial charge in [-0.2, -0.15) is 0 Å². The first-order chi connectivity index (χ1) is 9.18. The lowest BCUT2D eigenvalue weighted by molar-refractivity contribution is 0.0911. The highest BCUT2D eigenvalue weighted by atomic mass is 16.1. The van der Waals surface area contributed by atoms with Crippen LogP contribution in [0, 0.1) is 6.92 Å². The number of Topliss-reactive ketones (excluding diaryl/α,β-unsaturated/α-hetero) is 1. The monoisotopic (exact) mass is 259 g/mol. The molecule has 2 rings (SSSR count). The third kappa shape index (κ3) is 3.90. The molecule has 0 heterocycles. The molecule has 1 aromatic carbocycles. The molecule has 104 valence electrons. The van der Waals surface area contributed by atoms with Crippen molar-refractivity contribution in [2.24, 2.45) is 0 Å². The second-order valence-corrected chi connectivity index (χ2v) is 5.80. The zero-order chi connectivity index (χ0) is 13.7. The molecule has 1 saturated carbocycles. The summed E-state index contributed by atoms with van der Waals surface area (Å²) >= 11 is 0. The maximum absolute atomic E-state index is 12.4. The van der Waals surface area contributed by atoms with E-state index in [1.54, 1.807) is 0 Å². The topological polar surface area (TPSA) is 20.3 Å². The molecule has 0 aromatic heterocycles. The average molecular weight is 259 g/mol. The van der Waals surface area contributed by atoms with Crippen molar-refractivity contribution < 1.29 is 4.79 Å². The normalized spacial score (nSPS) is 17.4. The van der Waals surface area contributed by atoms with E-state index < -0.39 is 0 Å². The van der Waals surface area contributed by atoms with Gasteiger partial charge in [-0.05, 0) is 32.4 Å². The van der Waals surface area contributed by atoms with Gasteiger partial charge in [0.1, 0.15) is 0 Å². The van der Waals surface area contributed by atoms with Crippen LogP contribution in [0.5, 0.6) is 0 Å². The molecule has 0 N–H and O–H groups in total. The molecular formula is C17H25NO. The van der Waals surface area contributed by atoms with Crippen molar-refractivity contribution in [1.82, 2.24) is 4.90 Å². The van der Waals surface area contributed by atoms with Crippen LogP contribution in [0.2, 0.25) is 0 Å². The quantitative estimate of drug-likeness (QED) is 0.605. The first-order valence-corrected chi connectivity index (χ1v) is 7.47. The average Bonchev–Trinajstić information content (AvgIpc) is 2.68. The summed E-state index contributed by atoms with van der Waals surface area (Å²) < 4.78 is 0. The zero-order valence-electron chi connectivity index (χ0n) is 12.2. The summed E-state index contributed by atoms with van der Waals surface area (Å²) in [4.78, 5) is 14.6. The SMILES string of the molecule is Cc1ccccc1C(=O)CN(C)C1CCCCCC1. The molecule has 1 aliphatic carbocycles. The summed E-state index contributed by atoms with van der Waals surface area (Å²) in [7, 11) is 2.10. The largest absolute Gasteiger partial charge is 0.296 e. The second-order valence-electron chi connectivity index (χ2n) is 5.80. The van der Waals surface area contributed by atoms with Gasteiger partial charge in [-0.3, -0.25) is 9.69 Å². The number of carbonyl (C=O) groups excluding carboxylic acids is 1. The fourth-order valence-corrected chi connectivity index (χ4v) is 3.03. The van der Waals surface area contributed by atoms with Gasteiger partial charge in [0.05, 0.1) is 6.54 Å². The van der Waals surface area contributed by atoms with Crippen LogP contribution < -0.4 is 0 Å². The fourth-order valence-electron chi connectivity index (χ4n) is 3.03. The van der Waals surface area contributed by atoms with E-state index in [4.69, 9.17) is 0 Å². The van der Waals surface area contributed by atoms with Crippen molar-refractivity contribution in [2.75, 3.05) is 13.6 Å². The number of carbonyl (C=O) groups is 1. The second kappa shape index (κ2) is 6.85. The van der Waals surface area contributed by atoms with Crippen molar-refractivity contribution >= 4 is 5.78 Å². The first-order valence-electron chi connectivity index (χ1n) is 7.47. The van der Waals surface area contributed by atoms with Crippen molar-refractivity contribution in [2.45, 2.75) is 51.5 Å². The van der Waals surface area contributed by atoms with Gasteiger partial charge in [0.15, 0.2) is 5.78 Å². The molecule has 0 radical (unpaired) electrons. The lowest BCUT2D eigenvalue weighted by Gasteiger charge is -2.26. The molecule has 0 bridgehead atoms. The predicted octanol–water partition coefficient (Wildman–Crippen LogP) is 3.83. The van der Waals surface area contributed by atoms with E-state index in [1.807, 2.05) is 31.2 Å². The van der Waals surface area contributed by atoms with E-state index in [9.17, 15) is 4.79 Å². The maximum Gasteiger partial charge on any atom is 0.177 e. The van der Waals surface area contributed by atoms with Gasteiger partial charge in [-0.25, -0.2) is 0 Å². The Morgan fingerprint density at radius 3 is 2.42 bits per heavy atom. The van der Waals surface area contributed by atoms with Crippen LogP contribution in [0.1, 0.15) is 54.4 Å². The smallest absolute Gasteiger partial charge is 0.177 e. The number of ketones is 1. The number of rotatable bonds is 4. The Balaban J connectivity index is 1.96. The minimum Gasteiger partial charge on any atom is -0.296 e. The molecule has 0 unspecified atom stereocenters. The fraction of sp³-hybridized carbons (Fsp3) is 0.588. The van der Waals surface area contributed by atoms with E-state index in [0.29, 0.717) is 12.6 Å². The summed E-state index contributed by atoms with van der Waals surface area (Å²) in [5.41, 5.74) is 1.96. The molecule has 0 saturated heterocycles. The van der Waals surface area contributed by atoms with Crippen LogP contribution >= 0.6 is 0 Å². The molecule has 1 aliphatic rings. The number of hydrogen-bond acceptors (Lipinski definition) is 2. The molecule has 0 spiro atoms. The van der Waals surface area contributed by atoms with Crippen molar-refractivity contribution in [3.8, 4) is 0 Å². The molecule has 0 aliphatic heterocycles. The van der Waals surface area contributed by atoms with Gasteiger partial charge in [0.2, 0.25) is 0 Å². The summed E-state index contributed by atoms with van der Waals surface area (Å²) in [6.45, 7) is 2.56. The summed E-state index contributed by atoms with van der Waals surface area (Å²) in [5.74, 6) is 0.254. The van der Waals surface area contributed by atoms with Crippen LogP contribution in [-0.2, 0) is 0 Å². The highest BCUT2D eigenvalue weighted by Crippen LogP contribution is 2.21. The van der Waals surface area contributed by atoms with Crippen molar-refractivity contribution in [1.29, 1.82) is 0 Å². The van der Waals surface area contributed by atoms with Gasteiger partial charge in [0.25, 0.3) is 0 Å². The first kappa shape index (κ1) is 14.3. The number of nitrogens with zero attached hydrogens (tertiary/aromatic N) is 1. The Bertz CT molecular complexity index is 419. The molecule has 0 amide bonds. The number of hydrogen-bond donors (Lipinski definition) is 0. The lowest BCUT2D eigenvalue weighted by Crippen LogP contribution is -2.35. The van der Waals surface area contributed by atoms with Gasteiger partial charge < -0.3 is 0 Å². The Morgan fingerprint density at radius 1 is 1.16 bits per heavy atom. The van der Waals surface area contributed by atoms with Crippen molar-refractivity contribution in [3.05, 3.63) is 35.4 Å². The minimum atomic E-state index is 0.254. The van der Waals surface area contributed by atoms with Crippen molar-refractivity contribution in [3.63, 3.8) is 0 Å². The maximum atomic E-state index is 12.4.